The lowest BCUT2D eigenvalue weighted by Gasteiger charge is -2.15. The summed E-state index contributed by atoms with van der Waals surface area (Å²) in [6, 6.07) is 0. The third kappa shape index (κ3) is 5.66. The normalized spacial score (nSPS) is 10.7. The lowest BCUT2D eigenvalue weighted by molar-refractivity contribution is -0.138. The summed E-state index contributed by atoms with van der Waals surface area (Å²) in [6.45, 7) is 7.66. The maximum Gasteiger partial charge on any atom is 0.333 e. The molecular formula is C14H16F5NO5S. The molecule has 148 valence electrons. The van der Waals surface area contributed by atoms with E-state index in [4.69, 9.17) is 4.55 Å². The highest BCUT2D eigenvalue weighted by molar-refractivity contribution is 7.85. The van der Waals surface area contributed by atoms with Crippen molar-refractivity contribution in [3.05, 3.63) is 35.4 Å². The highest BCUT2D eigenvalue weighted by atomic mass is 32.2. The molecular weight excluding hydrogens is 389 g/mol. The van der Waals surface area contributed by atoms with E-state index in [2.05, 4.69) is 11.3 Å². The summed E-state index contributed by atoms with van der Waals surface area (Å²) in [5.41, 5.74) is -1.26. The maximum absolute atomic E-state index is 13.2. The van der Waals surface area contributed by atoms with Gasteiger partial charge in [-0.15, -0.1) is 0 Å². The third-order valence-corrected chi connectivity index (χ3v) is 3.48. The standard InChI is InChI=1S/C8H6F5NO3S.C6H10O2/c1-2-14(13)7-3(9)5(11)8(18(15,16)17)6(12)4(7)10;1-4-8-6(7)5(2)3/h2H2,1H3,(H,15,16,17);2,4H2,1,3H3. The third-order valence-electron chi connectivity index (χ3n) is 2.60. The van der Waals surface area contributed by atoms with Gasteiger partial charge in [-0.05, 0) is 20.8 Å². The summed E-state index contributed by atoms with van der Waals surface area (Å²) in [5.74, 6) is -9.63. The summed E-state index contributed by atoms with van der Waals surface area (Å²) in [7, 11) is -5.53. The van der Waals surface area contributed by atoms with Gasteiger partial charge in [0.15, 0.2) is 28.2 Å². The monoisotopic (exact) mass is 405 g/mol. The van der Waals surface area contributed by atoms with Crippen LogP contribution in [0.3, 0.4) is 0 Å². The number of carbonyl (C=O) groups is 1. The Bertz CT molecular complexity index is 768. The molecule has 0 amide bonds. The van der Waals surface area contributed by atoms with E-state index in [9.17, 15) is 35.3 Å². The van der Waals surface area contributed by atoms with E-state index >= 15 is 0 Å². The number of carbonyl (C=O) groups excluding carboxylic acids is 1. The minimum atomic E-state index is -5.53. The van der Waals surface area contributed by atoms with Gasteiger partial charge in [-0.2, -0.15) is 8.42 Å². The van der Waals surface area contributed by atoms with Gasteiger partial charge < -0.3 is 4.74 Å². The fourth-order valence-electron chi connectivity index (χ4n) is 1.45. The van der Waals surface area contributed by atoms with Gasteiger partial charge in [0.05, 0.1) is 6.61 Å². The Kier molecular flexibility index (Phi) is 8.67. The molecule has 26 heavy (non-hydrogen) atoms. The second kappa shape index (κ2) is 9.48. The van der Waals surface area contributed by atoms with Crippen LogP contribution in [-0.4, -0.2) is 32.1 Å². The molecule has 1 aromatic carbocycles. The number of hydrogen-bond acceptors (Lipinski definition) is 5. The molecule has 0 saturated carbocycles. The largest absolute Gasteiger partial charge is 0.463 e. The van der Waals surface area contributed by atoms with Gasteiger partial charge in [0.1, 0.15) is 5.69 Å². The highest BCUT2D eigenvalue weighted by Gasteiger charge is 2.34. The Morgan fingerprint density at radius 1 is 1.12 bits per heavy atom. The molecule has 1 N–H and O–H groups in total. The fraction of sp³-hybridized carbons (Fsp3) is 0.357. The van der Waals surface area contributed by atoms with Gasteiger partial charge in [-0.3, -0.25) is 4.55 Å². The highest BCUT2D eigenvalue weighted by Crippen LogP contribution is 2.33. The van der Waals surface area contributed by atoms with E-state index in [1.54, 1.807) is 13.8 Å². The quantitative estimate of drug-likeness (QED) is 0.202. The number of ether oxygens (including phenoxy) is 1. The molecule has 0 aliphatic carbocycles. The van der Waals surface area contributed by atoms with Crippen molar-refractivity contribution >= 4 is 21.8 Å². The van der Waals surface area contributed by atoms with Crippen molar-refractivity contribution in [2.24, 2.45) is 0 Å². The van der Waals surface area contributed by atoms with Crippen LogP contribution in [0.15, 0.2) is 17.0 Å². The minimum absolute atomic E-state index is 0.312. The molecule has 1 aromatic rings. The zero-order valence-corrected chi connectivity index (χ0v) is 14.8. The number of benzene rings is 1. The van der Waals surface area contributed by atoms with Crippen LogP contribution in [0.4, 0.5) is 27.7 Å². The molecule has 6 nitrogen and oxygen atoms in total. The average Bonchev–Trinajstić information content (AvgIpc) is 2.52. The maximum atomic E-state index is 13.2. The zero-order valence-electron chi connectivity index (χ0n) is 13.9. The molecule has 0 atom stereocenters. The van der Waals surface area contributed by atoms with E-state index in [1.807, 2.05) is 0 Å². The summed E-state index contributed by atoms with van der Waals surface area (Å²) in [5, 5.41) is -0.648. The van der Waals surface area contributed by atoms with Crippen molar-refractivity contribution < 1.29 is 44.5 Å². The molecule has 0 spiro atoms. The predicted octanol–water partition coefficient (Wildman–Crippen LogP) is 3.33. The van der Waals surface area contributed by atoms with E-state index in [-0.39, 0.29) is 5.97 Å². The average molecular weight is 405 g/mol. The van der Waals surface area contributed by atoms with Gasteiger partial charge in [-0.25, -0.2) is 27.5 Å². The number of halogens is 5. The van der Waals surface area contributed by atoms with Gasteiger partial charge in [-0.1, -0.05) is 11.1 Å². The number of anilines is 1. The van der Waals surface area contributed by atoms with Crippen LogP contribution in [0.25, 0.3) is 0 Å². The van der Waals surface area contributed by atoms with E-state index in [0.717, 1.165) is 6.92 Å². The van der Waals surface area contributed by atoms with Crippen LogP contribution in [0.1, 0.15) is 20.8 Å². The van der Waals surface area contributed by atoms with Crippen molar-refractivity contribution in [2.45, 2.75) is 25.7 Å². The van der Waals surface area contributed by atoms with Crippen molar-refractivity contribution in [3.63, 3.8) is 0 Å². The molecule has 0 aliphatic rings. The van der Waals surface area contributed by atoms with E-state index < -0.39 is 55.6 Å². The molecule has 0 radical (unpaired) electrons. The Hall–Kier alpha value is -2.21. The summed E-state index contributed by atoms with van der Waals surface area (Å²) < 4.78 is 99.9. The van der Waals surface area contributed by atoms with Crippen LogP contribution < -0.4 is 5.12 Å². The molecule has 0 unspecified atom stereocenters. The Balaban J connectivity index is 0.000000660. The van der Waals surface area contributed by atoms with Crippen LogP contribution in [0.5, 0.6) is 0 Å². The lowest BCUT2D eigenvalue weighted by Crippen LogP contribution is -2.19. The SMILES string of the molecule is C=C(C)C(=O)OCC.CCN(F)c1c(F)c(F)c(S(=O)(=O)O)c(F)c1F. The Morgan fingerprint density at radius 2 is 1.54 bits per heavy atom. The van der Waals surface area contributed by atoms with Crippen molar-refractivity contribution in [2.75, 3.05) is 18.3 Å². The first-order chi connectivity index (χ1) is 11.8. The Morgan fingerprint density at radius 3 is 1.77 bits per heavy atom. The van der Waals surface area contributed by atoms with Gasteiger partial charge >= 0.3 is 16.1 Å². The molecule has 0 bridgehead atoms. The molecule has 1 rings (SSSR count). The first kappa shape index (κ1) is 23.8. The number of hydrogen-bond donors (Lipinski definition) is 1. The van der Waals surface area contributed by atoms with Crippen molar-refractivity contribution in [1.82, 2.24) is 0 Å². The predicted molar refractivity (Wildman–Crippen MR) is 81.7 cm³/mol. The number of esters is 1. The molecule has 0 aromatic heterocycles. The molecule has 12 heteroatoms. The second-order valence-corrected chi connectivity index (χ2v) is 5.95. The van der Waals surface area contributed by atoms with Gasteiger partial charge in [0.2, 0.25) is 0 Å². The molecule has 0 saturated heterocycles. The Labute approximate surface area is 146 Å². The molecule has 0 aliphatic heterocycles. The topological polar surface area (TPSA) is 83.9 Å². The van der Waals surface area contributed by atoms with Gasteiger partial charge in [0, 0.05) is 12.1 Å². The number of nitrogens with zero attached hydrogens (tertiary/aromatic N) is 1. The van der Waals surface area contributed by atoms with E-state index in [1.165, 1.54) is 0 Å². The van der Waals surface area contributed by atoms with Gasteiger partial charge in [0.25, 0.3) is 0 Å². The van der Waals surface area contributed by atoms with Crippen LogP contribution in [-0.2, 0) is 19.6 Å². The van der Waals surface area contributed by atoms with Crippen molar-refractivity contribution in [1.29, 1.82) is 0 Å². The minimum Gasteiger partial charge on any atom is -0.463 e. The van der Waals surface area contributed by atoms with Crippen LogP contribution in [0, 0.1) is 23.3 Å². The summed E-state index contributed by atoms with van der Waals surface area (Å²) >= 11 is 0. The summed E-state index contributed by atoms with van der Waals surface area (Å²) in [4.78, 5) is 8.22. The van der Waals surface area contributed by atoms with Crippen molar-refractivity contribution in [3.8, 4) is 0 Å². The summed E-state index contributed by atoms with van der Waals surface area (Å²) in [6.07, 6.45) is 0. The van der Waals surface area contributed by atoms with E-state index in [0.29, 0.717) is 12.2 Å². The lowest BCUT2D eigenvalue weighted by atomic mass is 10.2. The number of rotatable bonds is 5. The first-order valence-electron chi connectivity index (χ1n) is 6.90. The van der Waals surface area contributed by atoms with Crippen LogP contribution >= 0.6 is 0 Å². The first-order valence-corrected chi connectivity index (χ1v) is 8.34. The van der Waals surface area contributed by atoms with Crippen LogP contribution in [0.2, 0.25) is 0 Å². The second-order valence-electron chi connectivity index (χ2n) is 4.59. The smallest absolute Gasteiger partial charge is 0.333 e. The zero-order chi connectivity index (χ0) is 20.8. The molecule has 0 heterocycles. The molecule has 0 fully saturated rings. The fourth-order valence-corrected chi connectivity index (χ4v) is 2.08.